The Kier molecular flexibility index (Phi) is 10.3. The van der Waals surface area contributed by atoms with Crippen molar-refractivity contribution >= 4 is 11.9 Å². The number of benzene rings is 1. The van der Waals surface area contributed by atoms with Crippen LogP contribution in [0.2, 0.25) is 0 Å². The number of carbonyl (C=O) groups excluding carboxylic acids is 1. The third-order valence-electron chi connectivity index (χ3n) is 7.82. The van der Waals surface area contributed by atoms with Crippen LogP contribution >= 0.6 is 0 Å². The SMILES string of the molecule is CCCCN(CCCCN)C(=O)CN1C[C@H](c2cc(OC)c3c(c2)OCO3)C(C(=O)O)[C@@H]1CCc1ncc(C)o1. The zero-order chi connectivity index (χ0) is 28.6. The number of unbranched alkanes of at least 4 members (excludes halogenated alkanes) is 2. The van der Waals surface area contributed by atoms with Crippen molar-refractivity contribution in [2.75, 3.05) is 46.6 Å². The zero-order valence-corrected chi connectivity index (χ0v) is 23.8. The van der Waals surface area contributed by atoms with Crippen molar-refractivity contribution < 1.29 is 33.3 Å². The molecule has 1 unspecified atom stereocenters. The van der Waals surface area contributed by atoms with Crippen LogP contribution in [0.5, 0.6) is 17.2 Å². The third kappa shape index (κ3) is 6.87. The largest absolute Gasteiger partial charge is 0.493 e. The lowest BCUT2D eigenvalue weighted by molar-refractivity contribution is -0.143. The summed E-state index contributed by atoms with van der Waals surface area (Å²) in [6.45, 7) is 6.48. The van der Waals surface area contributed by atoms with Crippen molar-refractivity contribution in [2.24, 2.45) is 11.7 Å². The summed E-state index contributed by atoms with van der Waals surface area (Å²) < 4.78 is 22.4. The summed E-state index contributed by atoms with van der Waals surface area (Å²) >= 11 is 0. The highest BCUT2D eigenvalue weighted by Crippen LogP contribution is 2.47. The number of hydrogen-bond acceptors (Lipinski definition) is 9. The van der Waals surface area contributed by atoms with Gasteiger partial charge < -0.3 is 34.4 Å². The van der Waals surface area contributed by atoms with Crippen LogP contribution in [-0.2, 0) is 16.0 Å². The summed E-state index contributed by atoms with van der Waals surface area (Å²) in [6, 6.07) is 3.27. The normalized spacial score (nSPS) is 20.1. The van der Waals surface area contributed by atoms with Gasteiger partial charge in [-0.15, -0.1) is 0 Å². The van der Waals surface area contributed by atoms with Crippen LogP contribution in [0.4, 0.5) is 0 Å². The summed E-state index contributed by atoms with van der Waals surface area (Å²) in [5.41, 5.74) is 6.47. The molecule has 0 radical (unpaired) electrons. The van der Waals surface area contributed by atoms with E-state index in [0.29, 0.717) is 67.9 Å². The fraction of sp³-hybridized carbons (Fsp3) is 0.621. The van der Waals surface area contributed by atoms with E-state index in [0.717, 1.165) is 31.2 Å². The molecule has 1 saturated heterocycles. The second-order valence-corrected chi connectivity index (χ2v) is 10.6. The highest BCUT2D eigenvalue weighted by Gasteiger charge is 2.47. The Morgan fingerprint density at radius 2 is 2.02 bits per heavy atom. The number of amides is 1. The molecule has 220 valence electrons. The predicted octanol–water partition coefficient (Wildman–Crippen LogP) is 3.19. The lowest BCUT2D eigenvalue weighted by Crippen LogP contribution is -2.45. The summed E-state index contributed by atoms with van der Waals surface area (Å²) in [5, 5.41) is 10.5. The van der Waals surface area contributed by atoms with Gasteiger partial charge in [-0.25, -0.2) is 4.98 Å². The number of carbonyl (C=O) groups is 2. The van der Waals surface area contributed by atoms with Gasteiger partial charge >= 0.3 is 5.97 Å². The predicted molar refractivity (Wildman–Crippen MR) is 148 cm³/mol. The first-order valence-electron chi connectivity index (χ1n) is 14.2. The molecular weight excluding hydrogens is 516 g/mol. The van der Waals surface area contributed by atoms with Gasteiger partial charge in [0.05, 0.1) is 25.8 Å². The molecule has 2 aliphatic heterocycles. The molecule has 3 N–H and O–H groups in total. The van der Waals surface area contributed by atoms with Gasteiger partial charge in [-0.3, -0.25) is 14.5 Å². The van der Waals surface area contributed by atoms with Gasteiger partial charge in [0, 0.05) is 38.0 Å². The van der Waals surface area contributed by atoms with Crippen molar-refractivity contribution in [1.29, 1.82) is 0 Å². The Balaban J connectivity index is 1.62. The summed E-state index contributed by atoms with van der Waals surface area (Å²) in [4.78, 5) is 34.7. The van der Waals surface area contributed by atoms with Crippen LogP contribution in [-0.4, -0.2) is 84.4 Å². The van der Waals surface area contributed by atoms with Crippen LogP contribution in [0.15, 0.2) is 22.7 Å². The maximum atomic E-state index is 13.6. The fourth-order valence-corrected chi connectivity index (χ4v) is 5.77. The standard InChI is InChI=1S/C29H42N4O7/c1-4-5-11-32(12-7-6-10-30)26(34)17-33-16-21(20-13-23(37-3)28-24(14-20)38-18-39-28)27(29(35)36)22(33)8-9-25-31-15-19(2)40-25/h13-15,21-22,27H,4-12,16-18,30H2,1-3H3,(H,35,36)/t21-,22+,27?/m1/s1. The lowest BCUT2D eigenvalue weighted by Gasteiger charge is -2.29. The first kappa shape index (κ1) is 29.7. The van der Waals surface area contributed by atoms with Gasteiger partial charge in [0.15, 0.2) is 17.4 Å². The molecule has 1 aromatic heterocycles. The number of nitrogens with two attached hydrogens (primary N) is 1. The van der Waals surface area contributed by atoms with E-state index in [4.69, 9.17) is 24.4 Å². The van der Waals surface area contributed by atoms with Crippen LogP contribution in [0.25, 0.3) is 0 Å². The molecule has 2 aromatic rings. The molecular formula is C29H42N4O7. The number of rotatable bonds is 15. The zero-order valence-electron chi connectivity index (χ0n) is 23.8. The molecule has 11 heteroatoms. The molecule has 0 saturated carbocycles. The molecule has 11 nitrogen and oxygen atoms in total. The first-order valence-corrected chi connectivity index (χ1v) is 14.2. The van der Waals surface area contributed by atoms with E-state index >= 15 is 0 Å². The first-order chi connectivity index (χ1) is 19.4. The average Bonchev–Trinajstić information content (AvgIpc) is 3.67. The van der Waals surface area contributed by atoms with Crippen LogP contribution in [0.3, 0.4) is 0 Å². The van der Waals surface area contributed by atoms with Crippen LogP contribution < -0.4 is 19.9 Å². The van der Waals surface area contributed by atoms with Gasteiger partial charge in [-0.05, 0) is 56.8 Å². The van der Waals surface area contributed by atoms with Crippen LogP contribution in [0, 0.1) is 12.8 Å². The second kappa shape index (κ2) is 13.8. The summed E-state index contributed by atoms with van der Waals surface area (Å²) in [7, 11) is 1.55. The molecule has 0 spiro atoms. The van der Waals surface area contributed by atoms with E-state index in [1.165, 1.54) is 0 Å². The quantitative estimate of drug-likeness (QED) is 0.313. The van der Waals surface area contributed by atoms with E-state index in [1.807, 2.05) is 28.9 Å². The number of carboxylic acids is 1. The van der Waals surface area contributed by atoms with Gasteiger partial charge in [0.25, 0.3) is 0 Å². The number of methoxy groups -OCH3 is 1. The molecule has 40 heavy (non-hydrogen) atoms. The molecule has 2 aliphatic rings. The fourth-order valence-electron chi connectivity index (χ4n) is 5.77. The van der Waals surface area contributed by atoms with Crippen molar-refractivity contribution in [3.63, 3.8) is 0 Å². The van der Waals surface area contributed by atoms with Gasteiger partial charge in [-0.2, -0.15) is 0 Å². The number of aryl methyl sites for hydroxylation is 2. The molecule has 4 rings (SSSR count). The topological polar surface area (TPSA) is 141 Å². The van der Waals surface area contributed by atoms with E-state index < -0.39 is 17.9 Å². The lowest BCUT2D eigenvalue weighted by atomic mass is 9.83. The van der Waals surface area contributed by atoms with Crippen molar-refractivity contribution in [3.8, 4) is 17.2 Å². The van der Waals surface area contributed by atoms with Crippen LogP contribution in [0.1, 0.15) is 62.2 Å². The van der Waals surface area contributed by atoms with Crippen molar-refractivity contribution in [3.05, 3.63) is 35.5 Å². The number of likely N-dealkylation sites (tertiary alicyclic amines) is 1. The maximum Gasteiger partial charge on any atom is 0.308 e. The van der Waals surface area contributed by atoms with E-state index in [1.54, 1.807) is 13.3 Å². The number of nitrogens with zero attached hydrogens (tertiary/aromatic N) is 3. The maximum absolute atomic E-state index is 13.6. The Hall–Kier alpha value is -3.31. The molecule has 1 aromatic carbocycles. The number of carboxylic acid groups (broad SMARTS) is 1. The third-order valence-corrected chi connectivity index (χ3v) is 7.82. The average molecular weight is 559 g/mol. The molecule has 0 bridgehead atoms. The number of aromatic nitrogens is 1. The van der Waals surface area contributed by atoms with E-state index in [2.05, 4.69) is 11.9 Å². The number of aliphatic carboxylic acids is 1. The molecule has 3 atom stereocenters. The summed E-state index contributed by atoms with van der Waals surface area (Å²) in [5.74, 6) is 0.785. The monoisotopic (exact) mass is 558 g/mol. The number of ether oxygens (including phenoxy) is 3. The smallest absolute Gasteiger partial charge is 0.308 e. The Morgan fingerprint density at radius 3 is 2.70 bits per heavy atom. The van der Waals surface area contributed by atoms with Gasteiger partial charge in [0.2, 0.25) is 18.4 Å². The Labute approximate surface area is 235 Å². The van der Waals surface area contributed by atoms with E-state index in [-0.39, 0.29) is 25.2 Å². The minimum atomic E-state index is -0.907. The molecule has 3 heterocycles. The molecule has 1 fully saturated rings. The molecule has 1 amide bonds. The highest BCUT2D eigenvalue weighted by atomic mass is 16.7. The van der Waals surface area contributed by atoms with Gasteiger partial charge in [-0.1, -0.05) is 13.3 Å². The van der Waals surface area contributed by atoms with Crippen molar-refractivity contribution in [2.45, 2.75) is 64.3 Å². The Morgan fingerprint density at radius 1 is 1.23 bits per heavy atom. The Bertz CT molecular complexity index is 1150. The minimum Gasteiger partial charge on any atom is -0.493 e. The number of hydrogen-bond donors (Lipinski definition) is 2. The second-order valence-electron chi connectivity index (χ2n) is 10.6. The van der Waals surface area contributed by atoms with E-state index in [9.17, 15) is 14.7 Å². The van der Waals surface area contributed by atoms with Crippen molar-refractivity contribution in [1.82, 2.24) is 14.8 Å². The minimum absolute atomic E-state index is 0.00972. The summed E-state index contributed by atoms with van der Waals surface area (Å²) in [6.07, 6.45) is 6.22. The number of oxazole rings is 1. The van der Waals surface area contributed by atoms with Gasteiger partial charge in [0.1, 0.15) is 5.76 Å². The number of fused-ring (bicyclic) bond motifs is 1. The molecule has 0 aliphatic carbocycles. The highest BCUT2D eigenvalue weighted by molar-refractivity contribution is 5.79.